The number of hydrogen-bond acceptors (Lipinski definition) is 7. The van der Waals surface area contributed by atoms with E-state index >= 15 is 0 Å². The molecule has 0 bridgehead atoms. The van der Waals surface area contributed by atoms with Crippen molar-refractivity contribution in [3.63, 3.8) is 0 Å². The summed E-state index contributed by atoms with van der Waals surface area (Å²) >= 11 is 0. The van der Waals surface area contributed by atoms with Crippen LogP contribution in [0, 0.1) is 5.82 Å². The largest absolute Gasteiger partial charge is 0.478 e. The minimum atomic E-state index is -3.23. The topological polar surface area (TPSA) is 155 Å². The number of fused-ring (bicyclic) bond motifs is 2. The molecule has 4 N–H and O–H groups in total. The van der Waals surface area contributed by atoms with Crippen molar-refractivity contribution in [2.75, 3.05) is 0 Å². The fraction of sp³-hybridized carbons (Fsp3) is 0.192. The van der Waals surface area contributed by atoms with Gasteiger partial charge in [-0.15, -0.1) is 0 Å². The van der Waals surface area contributed by atoms with Gasteiger partial charge in [0.15, 0.2) is 17.2 Å². The van der Waals surface area contributed by atoms with E-state index < -0.39 is 48.1 Å². The first-order valence-electron chi connectivity index (χ1n) is 11.8. The van der Waals surface area contributed by atoms with Crippen molar-refractivity contribution in [3.05, 3.63) is 94.2 Å². The van der Waals surface area contributed by atoms with Crippen molar-refractivity contribution >= 4 is 23.4 Å². The summed E-state index contributed by atoms with van der Waals surface area (Å²) in [4.78, 5) is 41.7. The normalized spacial score (nSPS) is 16.1. The zero-order valence-corrected chi connectivity index (χ0v) is 20.3. The molecule has 0 radical (unpaired) electrons. The summed E-state index contributed by atoms with van der Waals surface area (Å²) in [5.74, 6) is -4.18. The number of benzene rings is 2. The molecule has 14 heteroatoms. The first-order valence-corrected chi connectivity index (χ1v) is 11.8. The highest BCUT2D eigenvalue weighted by atomic mass is 19.3. The lowest BCUT2D eigenvalue weighted by Crippen LogP contribution is -2.35. The van der Waals surface area contributed by atoms with E-state index in [1.807, 2.05) is 0 Å². The van der Waals surface area contributed by atoms with Gasteiger partial charge in [0.2, 0.25) is 0 Å². The zero-order valence-electron chi connectivity index (χ0n) is 20.3. The van der Waals surface area contributed by atoms with E-state index in [0.717, 1.165) is 12.1 Å². The van der Waals surface area contributed by atoms with Gasteiger partial charge in [-0.3, -0.25) is 9.59 Å². The van der Waals surface area contributed by atoms with Crippen molar-refractivity contribution in [2.45, 2.75) is 31.7 Å². The molecular weight excluding hydrogens is 535 g/mol. The van der Waals surface area contributed by atoms with Gasteiger partial charge in [0.05, 0.1) is 23.9 Å². The van der Waals surface area contributed by atoms with Crippen LogP contribution in [-0.2, 0) is 13.0 Å². The number of hydrogen-bond donors (Lipinski definition) is 4. The quantitative estimate of drug-likeness (QED) is 0.259. The molecule has 1 aliphatic rings. The maximum atomic E-state index is 13.7. The van der Waals surface area contributed by atoms with Crippen molar-refractivity contribution in [1.29, 1.82) is 0 Å². The molecule has 206 valence electrons. The summed E-state index contributed by atoms with van der Waals surface area (Å²) in [5, 5.41) is 29.1. The molecular formula is C26H20F3N5O6. The number of carbonyl (C=O) groups excluding carboxylic acids is 2. The second-order valence-corrected chi connectivity index (χ2v) is 8.90. The van der Waals surface area contributed by atoms with Crippen LogP contribution in [0.25, 0.3) is 5.65 Å². The Morgan fingerprint density at radius 3 is 2.65 bits per heavy atom. The molecule has 0 fully saturated rings. The van der Waals surface area contributed by atoms with Gasteiger partial charge < -0.3 is 25.6 Å². The number of carbonyl (C=O) groups is 3. The van der Waals surface area contributed by atoms with E-state index in [1.165, 1.54) is 47.1 Å². The monoisotopic (exact) mass is 555 g/mol. The van der Waals surface area contributed by atoms with Crippen LogP contribution < -0.4 is 15.4 Å². The molecule has 5 rings (SSSR count). The third-order valence-corrected chi connectivity index (χ3v) is 6.31. The Bertz CT molecular complexity index is 1640. The Labute approximate surface area is 223 Å². The molecule has 0 aliphatic heterocycles. The number of nitrogens with zero attached hydrogens (tertiary/aromatic N) is 3. The van der Waals surface area contributed by atoms with Crippen LogP contribution in [0.4, 0.5) is 13.2 Å². The van der Waals surface area contributed by atoms with E-state index in [1.54, 1.807) is 0 Å². The number of aliphatic hydroxyl groups is 1. The second-order valence-electron chi connectivity index (χ2n) is 8.90. The SMILES string of the molecule is O=C(O)c1ccc2c(c1)C[C@@H](O)[C@@H]2NC(=O)c1cc(C(=O)NCc2ccc(F)c(OC(F)F)c2)nc2ccnn12. The molecule has 2 heterocycles. The Morgan fingerprint density at radius 1 is 1.10 bits per heavy atom. The summed E-state index contributed by atoms with van der Waals surface area (Å²) in [6.07, 6.45) is 0.489. The van der Waals surface area contributed by atoms with Gasteiger partial charge in [-0.25, -0.2) is 18.7 Å². The van der Waals surface area contributed by atoms with E-state index in [-0.39, 0.29) is 41.1 Å². The van der Waals surface area contributed by atoms with Gasteiger partial charge >= 0.3 is 12.6 Å². The van der Waals surface area contributed by atoms with Crippen LogP contribution in [-0.4, -0.2) is 55.3 Å². The molecule has 2 amide bonds. The Kier molecular flexibility index (Phi) is 7.09. The lowest BCUT2D eigenvalue weighted by Gasteiger charge is -2.18. The van der Waals surface area contributed by atoms with Crippen molar-refractivity contribution < 1.29 is 42.5 Å². The number of rotatable bonds is 8. The maximum Gasteiger partial charge on any atom is 0.387 e. The van der Waals surface area contributed by atoms with Crippen molar-refractivity contribution in [1.82, 2.24) is 25.2 Å². The number of amides is 2. The number of ether oxygens (including phenoxy) is 1. The van der Waals surface area contributed by atoms with Crippen LogP contribution in [0.3, 0.4) is 0 Å². The summed E-state index contributed by atoms with van der Waals surface area (Å²) in [6.45, 7) is -3.41. The summed E-state index contributed by atoms with van der Waals surface area (Å²) < 4.78 is 44.0. The van der Waals surface area contributed by atoms with E-state index in [9.17, 15) is 37.8 Å². The third-order valence-electron chi connectivity index (χ3n) is 6.31. The van der Waals surface area contributed by atoms with Gasteiger partial charge in [-0.1, -0.05) is 12.1 Å². The first kappa shape index (κ1) is 26.6. The molecule has 40 heavy (non-hydrogen) atoms. The fourth-order valence-electron chi connectivity index (χ4n) is 4.47. The number of aromatic carboxylic acids is 1. The molecule has 11 nitrogen and oxygen atoms in total. The molecule has 0 unspecified atom stereocenters. The lowest BCUT2D eigenvalue weighted by atomic mass is 10.0. The van der Waals surface area contributed by atoms with E-state index in [0.29, 0.717) is 11.1 Å². The molecule has 2 aromatic heterocycles. The summed E-state index contributed by atoms with van der Waals surface area (Å²) in [7, 11) is 0. The van der Waals surface area contributed by atoms with Crippen LogP contribution in [0.2, 0.25) is 0 Å². The van der Waals surface area contributed by atoms with Crippen LogP contribution in [0.1, 0.15) is 54.1 Å². The molecule has 0 saturated heterocycles. The van der Waals surface area contributed by atoms with Gasteiger partial charge in [-0.2, -0.15) is 13.9 Å². The molecule has 0 spiro atoms. The maximum absolute atomic E-state index is 13.7. The van der Waals surface area contributed by atoms with Gasteiger partial charge in [0, 0.05) is 25.1 Å². The highest BCUT2D eigenvalue weighted by molar-refractivity contribution is 5.98. The number of halogens is 3. The molecule has 1 aliphatic carbocycles. The van der Waals surface area contributed by atoms with E-state index in [4.69, 9.17) is 0 Å². The molecule has 0 saturated carbocycles. The van der Waals surface area contributed by atoms with E-state index in [2.05, 4.69) is 25.5 Å². The minimum absolute atomic E-state index is 0.0550. The Hall–Kier alpha value is -4.98. The van der Waals surface area contributed by atoms with Crippen LogP contribution in [0.5, 0.6) is 5.75 Å². The van der Waals surface area contributed by atoms with Crippen LogP contribution >= 0.6 is 0 Å². The number of aromatic nitrogens is 3. The average Bonchev–Trinajstić information content (AvgIpc) is 3.51. The third kappa shape index (κ3) is 5.29. The average molecular weight is 555 g/mol. The van der Waals surface area contributed by atoms with Gasteiger partial charge in [0.1, 0.15) is 11.4 Å². The highest BCUT2D eigenvalue weighted by Crippen LogP contribution is 2.32. The summed E-state index contributed by atoms with van der Waals surface area (Å²) in [5.41, 5.74) is 1.41. The zero-order chi connectivity index (χ0) is 28.6. The van der Waals surface area contributed by atoms with Crippen molar-refractivity contribution in [2.24, 2.45) is 0 Å². The molecule has 2 aromatic carbocycles. The Morgan fingerprint density at radius 2 is 1.90 bits per heavy atom. The van der Waals surface area contributed by atoms with Crippen LogP contribution in [0.15, 0.2) is 54.7 Å². The predicted octanol–water partition coefficient (Wildman–Crippen LogP) is 2.49. The molecule has 2 atom stereocenters. The highest BCUT2D eigenvalue weighted by Gasteiger charge is 2.33. The summed E-state index contributed by atoms with van der Waals surface area (Å²) in [6, 6.07) is 9.40. The second kappa shape index (κ2) is 10.6. The fourth-order valence-corrected chi connectivity index (χ4v) is 4.47. The number of carboxylic acids is 1. The Balaban J connectivity index is 1.36. The minimum Gasteiger partial charge on any atom is -0.478 e. The molecule has 4 aromatic rings. The smallest absolute Gasteiger partial charge is 0.387 e. The number of carboxylic acid groups (broad SMARTS) is 1. The van der Waals surface area contributed by atoms with Gasteiger partial charge in [0.25, 0.3) is 11.8 Å². The standard InChI is InChI=1S/C26H20F3N5O6/c27-16-4-1-12(7-20(16)40-26(28)29)11-30-23(36)17-10-18(34-21(32-17)5-6-31-34)24(37)33-22-15-3-2-13(25(38)39)8-14(15)9-19(22)35/h1-8,10,19,22,26,35H,9,11H2,(H,30,36)(H,33,37)(H,38,39)/t19-,22-/m1/s1. The number of aliphatic hydroxyl groups excluding tert-OH is 1. The first-order chi connectivity index (χ1) is 19.1. The number of alkyl halides is 2. The van der Waals surface area contributed by atoms with Crippen molar-refractivity contribution in [3.8, 4) is 5.75 Å². The predicted molar refractivity (Wildman–Crippen MR) is 131 cm³/mol. The lowest BCUT2D eigenvalue weighted by molar-refractivity contribution is -0.0522. The van der Waals surface area contributed by atoms with Gasteiger partial charge in [-0.05, 0) is 41.0 Å². The number of nitrogens with one attached hydrogen (secondary N) is 2.